The van der Waals surface area contributed by atoms with Crippen LogP contribution in [-0.4, -0.2) is 48.2 Å². The van der Waals surface area contributed by atoms with Gasteiger partial charge in [-0.15, -0.1) is 0 Å². The SMILES string of the molecule is CCOc1ccc(C(=O)N2CCCC2CC(=O)O)cc1OC. The zero-order chi connectivity index (χ0) is 16.1. The van der Waals surface area contributed by atoms with Crippen LogP contribution in [0.1, 0.15) is 36.5 Å². The Balaban J connectivity index is 2.19. The highest BCUT2D eigenvalue weighted by Crippen LogP contribution is 2.30. The molecule has 0 bridgehead atoms. The van der Waals surface area contributed by atoms with Crippen LogP contribution in [0, 0.1) is 0 Å². The molecule has 0 spiro atoms. The zero-order valence-corrected chi connectivity index (χ0v) is 12.9. The number of likely N-dealkylation sites (tertiary alicyclic amines) is 1. The Hall–Kier alpha value is -2.24. The average Bonchev–Trinajstić information content (AvgIpc) is 2.94. The number of carboxylic acids is 1. The number of hydrogen-bond donors (Lipinski definition) is 1. The molecule has 0 saturated carbocycles. The number of benzene rings is 1. The van der Waals surface area contributed by atoms with E-state index in [1.165, 1.54) is 7.11 Å². The van der Waals surface area contributed by atoms with E-state index in [0.29, 0.717) is 30.2 Å². The van der Waals surface area contributed by atoms with Crippen LogP contribution < -0.4 is 9.47 Å². The smallest absolute Gasteiger partial charge is 0.305 e. The van der Waals surface area contributed by atoms with E-state index in [0.717, 1.165) is 12.8 Å². The summed E-state index contributed by atoms with van der Waals surface area (Å²) in [5, 5.41) is 8.95. The highest BCUT2D eigenvalue weighted by Gasteiger charge is 2.31. The zero-order valence-electron chi connectivity index (χ0n) is 12.9. The van der Waals surface area contributed by atoms with E-state index in [1.807, 2.05) is 6.92 Å². The summed E-state index contributed by atoms with van der Waals surface area (Å²) in [5.41, 5.74) is 0.484. The van der Waals surface area contributed by atoms with Crippen molar-refractivity contribution in [1.82, 2.24) is 4.90 Å². The molecular formula is C16H21NO5. The topological polar surface area (TPSA) is 76.1 Å². The number of methoxy groups -OCH3 is 1. The molecule has 1 atom stereocenters. The van der Waals surface area contributed by atoms with E-state index in [1.54, 1.807) is 23.1 Å². The minimum Gasteiger partial charge on any atom is -0.493 e. The molecule has 0 aliphatic carbocycles. The van der Waals surface area contributed by atoms with Gasteiger partial charge in [-0.05, 0) is 38.0 Å². The van der Waals surface area contributed by atoms with E-state index in [2.05, 4.69) is 0 Å². The lowest BCUT2D eigenvalue weighted by Gasteiger charge is -2.24. The summed E-state index contributed by atoms with van der Waals surface area (Å²) in [6.45, 7) is 2.97. The maximum Gasteiger partial charge on any atom is 0.305 e. The number of hydrogen-bond acceptors (Lipinski definition) is 4. The molecule has 1 aliphatic rings. The van der Waals surface area contributed by atoms with Crippen LogP contribution in [0.4, 0.5) is 0 Å². The van der Waals surface area contributed by atoms with Gasteiger partial charge in [0, 0.05) is 18.2 Å². The van der Waals surface area contributed by atoms with Crippen molar-refractivity contribution in [3.8, 4) is 11.5 Å². The van der Waals surface area contributed by atoms with Crippen LogP contribution in [-0.2, 0) is 4.79 Å². The van der Waals surface area contributed by atoms with Gasteiger partial charge in [0.1, 0.15) is 0 Å². The van der Waals surface area contributed by atoms with Crippen LogP contribution in [0.3, 0.4) is 0 Å². The highest BCUT2D eigenvalue weighted by atomic mass is 16.5. The number of nitrogens with zero attached hydrogens (tertiary/aromatic N) is 1. The average molecular weight is 307 g/mol. The third-order valence-corrected chi connectivity index (χ3v) is 3.76. The standard InChI is InChI=1S/C16H21NO5/c1-3-22-13-7-6-11(9-14(13)21-2)16(20)17-8-4-5-12(17)10-15(18)19/h6-7,9,12H,3-5,8,10H2,1-2H3,(H,18,19). The van der Waals surface area contributed by atoms with Crippen molar-refractivity contribution >= 4 is 11.9 Å². The van der Waals surface area contributed by atoms with Crippen molar-refractivity contribution in [1.29, 1.82) is 0 Å². The van der Waals surface area contributed by atoms with E-state index in [9.17, 15) is 9.59 Å². The second kappa shape index (κ2) is 7.15. The molecule has 1 heterocycles. The maximum absolute atomic E-state index is 12.6. The van der Waals surface area contributed by atoms with Gasteiger partial charge in [0.25, 0.3) is 5.91 Å². The van der Waals surface area contributed by atoms with Crippen LogP contribution in [0.25, 0.3) is 0 Å². The lowest BCUT2D eigenvalue weighted by Crippen LogP contribution is -2.36. The molecule has 2 rings (SSSR count). The van der Waals surface area contributed by atoms with Gasteiger partial charge in [-0.3, -0.25) is 9.59 Å². The van der Waals surface area contributed by atoms with Crippen LogP contribution >= 0.6 is 0 Å². The first-order valence-electron chi connectivity index (χ1n) is 7.40. The van der Waals surface area contributed by atoms with Crippen molar-refractivity contribution in [3.05, 3.63) is 23.8 Å². The molecule has 1 aliphatic heterocycles. The molecule has 120 valence electrons. The number of carboxylic acid groups (broad SMARTS) is 1. The second-order valence-corrected chi connectivity index (χ2v) is 5.19. The van der Waals surface area contributed by atoms with Crippen LogP contribution in [0.15, 0.2) is 18.2 Å². The largest absolute Gasteiger partial charge is 0.493 e. The van der Waals surface area contributed by atoms with Gasteiger partial charge in [0.15, 0.2) is 11.5 Å². The molecule has 1 unspecified atom stereocenters. The molecule has 1 amide bonds. The molecule has 1 aromatic carbocycles. The van der Waals surface area contributed by atoms with Gasteiger partial charge in [0.2, 0.25) is 0 Å². The third-order valence-electron chi connectivity index (χ3n) is 3.76. The number of ether oxygens (including phenoxy) is 2. The summed E-state index contributed by atoms with van der Waals surface area (Å²) in [5.74, 6) is 0.0470. The fourth-order valence-corrected chi connectivity index (χ4v) is 2.76. The molecule has 1 saturated heterocycles. The molecule has 0 aromatic heterocycles. The van der Waals surface area contributed by atoms with Gasteiger partial charge in [-0.1, -0.05) is 0 Å². The van der Waals surface area contributed by atoms with Crippen molar-refractivity contribution in [2.75, 3.05) is 20.3 Å². The first kappa shape index (κ1) is 16.1. The highest BCUT2D eigenvalue weighted by molar-refractivity contribution is 5.95. The Morgan fingerprint density at radius 3 is 2.77 bits per heavy atom. The molecule has 6 heteroatoms. The molecule has 1 N–H and O–H groups in total. The van der Waals surface area contributed by atoms with Crippen LogP contribution in [0.5, 0.6) is 11.5 Å². The van der Waals surface area contributed by atoms with Gasteiger partial charge in [-0.25, -0.2) is 0 Å². The van der Waals surface area contributed by atoms with E-state index in [4.69, 9.17) is 14.6 Å². The molecule has 1 aromatic rings. The summed E-state index contributed by atoms with van der Waals surface area (Å²) < 4.78 is 10.7. The first-order chi connectivity index (χ1) is 10.6. The van der Waals surface area contributed by atoms with Gasteiger partial charge < -0.3 is 19.5 Å². The Kier molecular flexibility index (Phi) is 5.25. The minimum atomic E-state index is -0.881. The molecule has 6 nitrogen and oxygen atoms in total. The molecule has 1 fully saturated rings. The summed E-state index contributed by atoms with van der Waals surface area (Å²) in [7, 11) is 1.52. The van der Waals surface area contributed by atoms with Crippen molar-refractivity contribution in [3.63, 3.8) is 0 Å². The normalized spacial score (nSPS) is 17.4. The van der Waals surface area contributed by atoms with E-state index < -0.39 is 5.97 Å². The lowest BCUT2D eigenvalue weighted by atomic mass is 10.1. The number of carbonyl (C=O) groups excluding carboxylic acids is 1. The molecule has 0 radical (unpaired) electrons. The van der Waals surface area contributed by atoms with Crippen molar-refractivity contribution < 1.29 is 24.2 Å². The Labute approximate surface area is 129 Å². The number of aliphatic carboxylic acids is 1. The van der Waals surface area contributed by atoms with Crippen LogP contribution in [0.2, 0.25) is 0 Å². The summed E-state index contributed by atoms with van der Waals surface area (Å²) in [4.78, 5) is 25.2. The molecule has 22 heavy (non-hydrogen) atoms. The predicted octanol–water partition coefficient (Wildman–Crippen LogP) is 2.17. The van der Waals surface area contributed by atoms with Crippen molar-refractivity contribution in [2.45, 2.75) is 32.2 Å². The van der Waals surface area contributed by atoms with E-state index in [-0.39, 0.29) is 18.4 Å². The van der Waals surface area contributed by atoms with Gasteiger partial charge >= 0.3 is 5.97 Å². The summed E-state index contributed by atoms with van der Waals surface area (Å²) in [6.07, 6.45) is 1.55. The minimum absolute atomic E-state index is 0.0140. The second-order valence-electron chi connectivity index (χ2n) is 5.19. The molecular weight excluding hydrogens is 286 g/mol. The fourth-order valence-electron chi connectivity index (χ4n) is 2.76. The number of amides is 1. The third kappa shape index (κ3) is 3.50. The Morgan fingerprint density at radius 2 is 2.14 bits per heavy atom. The van der Waals surface area contributed by atoms with Crippen molar-refractivity contribution in [2.24, 2.45) is 0 Å². The Bertz CT molecular complexity index is 557. The maximum atomic E-state index is 12.6. The first-order valence-corrected chi connectivity index (χ1v) is 7.40. The lowest BCUT2D eigenvalue weighted by molar-refractivity contribution is -0.137. The fraction of sp³-hybridized carbons (Fsp3) is 0.500. The van der Waals surface area contributed by atoms with Gasteiger partial charge in [-0.2, -0.15) is 0 Å². The predicted molar refractivity (Wildman–Crippen MR) is 80.5 cm³/mol. The monoisotopic (exact) mass is 307 g/mol. The van der Waals surface area contributed by atoms with E-state index >= 15 is 0 Å². The summed E-state index contributed by atoms with van der Waals surface area (Å²) in [6, 6.07) is 4.80. The number of rotatable bonds is 6. The Morgan fingerprint density at radius 1 is 1.36 bits per heavy atom. The number of carbonyl (C=O) groups is 2. The van der Waals surface area contributed by atoms with Gasteiger partial charge in [0.05, 0.1) is 20.1 Å². The summed E-state index contributed by atoms with van der Waals surface area (Å²) >= 11 is 0. The quantitative estimate of drug-likeness (QED) is 0.871.